The van der Waals surface area contributed by atoms with Crippen molar-refractivity contribution in [1.82, 2.24) is 10.6 Å². The Kier molecular flexibility index (Phi) is 5.12. The van der Waals surface area contributed by atoms with Crippen LogP contribution in [0.4, 0.5) is 14.5 Å². The van der Waals surface area contributed by atoms with Gasteiger partial charge in [0.25, 0.3) is 0 Å². The maximum Gasteiger partial charge on any atom is 0.239 e. The molecule has 4 nitrogen and oxygen atoms in total. The smallest absolute Gasteiger partial charge is 0.239 e. The van der Waals surface area contributed by atoms with E-state index in [-0.39, 0.29) is 18.1 Å². The second-order valence-electron chi connectivity index (χ2n) is 5.25. The lowest BCUT2D eigenvalue weighted by Crippen LogP contribution is -2.36. The molecule has 6 heteroatoms. The Labute approximate surface area is 123 Å². The minimum Gasteiger partial charge on any atom is -0.358 e. The number of nitrogens with one attached hydrogen (secondary N) is 2. The van der Waals surface area contributed by atoms with Crippen molar-refractivity contribution in [1.29, 1.82) is 0 Å². The number of hydrogen-bond donors (Lipinski definition) is 2. The maximum absolute atomic E-state index is 14.2. The zero-order chi connectivity index (χ0) is 15.4. The van der Waals surface area contributed by atoms with E-state index in [0.29, 0.717) is 24.7 Å². The summed E-state index contributed by atoms with van der Waals surface area (Å²) in [6.45, 7) is 2.49. The predicted octanol–water partition coefficient (Wildman–Crippen LogP) is 1.79. The van der Waals surface area contributed by atoms with E-state index in [1.54, 1.807) is 6.92 Å². The first-order chi connectivity index (χ1) is 10.0. The Balaban J connectivity index is 2.15. The number of hydrogen-bond acceptors (Lipinski definition) is 3. The molecule has 2 N–H and O–H groups in total. The average Bonchev–Trinajstić information content (AvgIpc) is 3.27. The maximum atomic E-state index is 14.2. The largest absolute Gasteiger partial charge is 0.358 e. The molecule has 1 aromatic rings. The topological polar surface area (TPSA) is 44.4 Å². The van der Waals surface area contributed by atoms with E-state index in [0.717, 1.165) is 12.8 Å². The summed E-state index contributed by atoms with van der Waals surface area (Å²) in [7, 11) is 1.50. The second kappa shape index (κ2) is 6.85. The van der Waals surface area contributed by atoms with Crippen LogP contribution >= 0.6 is 0 Å². The summed E-state index contributed by atoms with van der Waals surface area (Å²) < 4.78 is 28.4. The highest BCUT2D eigenvalue weighted by Crippen LogP contribution is 2.26. The van der Waals surface area contributed by atoms with Gasteiger partial charge >= 0.3 is 0 Å². The first-order valence-electron chi connectivity index (χ1n) is 7.22. The zero-order valence-corrected chi connectivity index (χ0v) is 12.4. The number of likely N-dealkylation sites (N-methyl/N-ethyl adjacent to an activating group) is 2. The molecule has 1 aromatic carbocycles. The van der Waals surface area contributed by atoms with Crippen molar-refractivity contribution in [2.45, 2.75) is 32.4 Å². The van der Waals surface area contributed by atoms with Gasteiger partial charge in [-0.3, -0.25) is 4.79 Å². The van der Waals surface area contributed by atoms with Crippen LogP contribution in [-0.2, 0) is 11.3 Å². The molecule has 1 saturated carbocycles. The first kappa shape index (κ1) is 15.7. The molecule has 116 valence electrons. The molecule has 1 amide bonds. The number of nitrogens with zero attached hydrogens (tertiary/aromatic N) is 1. The highest BCUT2D eigenvalue weighted by molar-refractivity contribution is 5.81. The fourth-order valence-electron chi connectivity index (χ4n) is 2.17. The minimum atomic E-state index is -0.631. The molecule has 1 aliphatic rings. The van der Waals surface area contributed by atoms with Crippen molar-refractivity contribution in [2.75, 3.05) is 25.0 Å². The van der Waals surface area contributed by atoms with Gasteiger partial charge in [0.2, 0.25) is 5.91 Å². The summed E-state index contributed by atoms with van der Waals surface area (Å²) in [4.78, 5) is 12.8. The number of carbonyl (C=O) groups excluding carboxylic acids is 1. The normalized spacial score (nSPS) is 14.1. The van der Waals surface area contributed by atoms with Gasteiger partial charge in [0.15, 0.2) is 0 Å². The molecule has 1 fully saturated rings. The lowest BCUT2D eigenvalue weighted by molar-refractivity contribution is -0.119. The van der Waals surface area contributed by atoms with Gasteiger partial charge in [-0.1, -0.05) is 0 Å². The summed E-state index contributed by atoms with van der Waals surface area (Å²) in [5.74, 6) is -1.54. The number of carbonyl (C=O) groups is 1. The van der Waals surface area contributed by atoms with Gasteiger partial charge in [-0.2, -0.15) is 0 Å². The number of rotatable bonds is 7. The molecule has 0 heterocycles. The predicted molar refractivity (Wildman–Crippen MR) is 78.2 cm³/mol. The lowest BCUT2D eigenvalue weighted by Gasteiger charge is -2.23. The summed E-state index contributed by atoms with van der Waals surface area (Å²) in [5.41, 5.74) is 0.438. The Morgan fingerprint density at radius 1 is 1.33 bits per heavy atom. The van der Waals surface area contributed by atoms with Crippen LogP contribution in [0.5, 0.6) is 0 Å². The summed E-state index contributed by atoms with van der Waals surface area (Å²) in [6.07, 6.45) is 2.25. The van der Waals surface area contributed by atoms with Gasteiger partial charge < -0.3 is 15.5 Å². The van der Waals surface area contributed by atoms with Crippen molar-refractivity contribution in [3.05, 3.63) is 29.3 Å². The lowest BCUT2D eigenvalue weighted by atomic mass is 10.1. The van der Waals surface area contributed by atoms with Gasteiger partial charge in [-0.15, -0.1) is 0 Å². The number of anilines is 1. The van der Waals surface area contributed by atoms with Crippen LogP contribution in [0.2, 0.25) is 0 Å². The van der Waals surface area contributed by atoms with Crippen molar-refractivity contribution < 1.29 is 13.6 Å². The highest BCUT2D eigenvalue weighted by atomic mass is 19.1. The Morgan fingerprint density at radius 2 is 1.95 bits per heavy atom. The van der Waals surface area contributed by atoms with Crippen LogP contribution in [0.3, 0.4) is 0 Å². The van der Waals surface area contributed by atoms with Crippen LogP contribution < -0.4 is 15.5 Å². The van der Waals surface area contributed by atoms with E-state index in [1.165, 1.54) is 24.1 Å². The van der Waals surface area contributed by atoms with Crippen LogP contribution in [0, 0.1) is 11.6 Å². The van der Waals surface area contributed by atoms with Crippen LogP contribution in [0.25, 0.3) is 0 Å². The molecule has 0 atom stereocenters. The molecule has 0 saturated heterocycles. The Hall–Kier alpha value is -1.69. The highest BCUT2D eigenvalue weighted by Gasteiger charge is 2.22. The second-order valence-corrected chi connectivity index (χ2v) is 5.25. The molecular formula is C15H21F2N3O. The van der Waals surface area contributed by atoms with E-state index >= 15 is 0 Å². The molecule has 1 aliphatic carbocycles. The number of benzene rings is 1. The molecule has 0 aliphatic heterocycles. The fraction of sp³-hybridized carbons (Fsp3) is 0.533. The quantitative estimate of drug-likeness (QED) is 0.806. The molecule has 0 unspecified atom stereocenters. The van der Waals surface area contributed by atoms with Gasteiger partial charge in [0, 0.05) is 26.2 Å². The van der Waals surface area contributed by atoms with E-state index < -0.39 is 11.6 Å². The Morgan fingerprint density at radius 3 is 2.43 bits per heavy atom. The fourth-order valence-corrected chi connectivity index (χ4v) is 2.17. The van der Waals surface area contributed by atoms with E-state index in [2.05, 4.69) is 10.6 Å². The van der Waals surface area contributed by atoms with Crippen LogP contribution in [0.15, 0.2) is 12.1 Å². The first-order valence-corrected chi connectivity index (χ1v) is 7.22. The third-order valence-corrected chi connectivity index (χ3v) is 3.56. The van der Waals surface area contributed by atoms with Crippen molar-refractivity contribution in [2.24, 2.45) is 0 Å². The molecule has 0 radical (unpaired) electrons. The van der Waals surface area contributed by atoms with Crippen LogP contribution in [0.1, 0.15) is 25.3 Å². The van der Waals surface area contributed by atoms with E-state index in [9.17, 15) is 13.6 Å². The minimum absolute atomic E-state index is 0.0689. The van der Waals surface area contributed by atoms with Gasteiger partial charge in [-0.05, 0) is 37.5 Å². The molecule has 2 rings (SSSR count). The Bertz CT molecular complexity index is 495. The SMILES string of the molecule is CCN(CC(=O)NC)c1c(F)cc(CNC2CC2)cc1F. The number of halogens is 2. The summed E-state index contributed by atoms with van der Waals surface area (Å²) in [6, 6.07) is 3.15. The third kappa shape index (κ3) is 4.14. The molecular weight excluding hydrogens is 276 g/mol. The molecule has 0 spiro atoms. The summed E-state index contributed by atoms with van der Waals surface area (Å²) in [5, 5.41) is 5.67. The molecule has 0 aromatic heterocycles. The van der Waals surface area contributed by atoms with Crippen LogP contribution in [-0.4, -0.2) is 32.1 Å². The summed E-state index contributed by atoms with van der Waals surface area (Å²) >= 11 is 0. The van der Waals surface area contributed by atoms with Gasteiger partial charge in [0.05, 0.1) is 6.54 Å². The monoisotopic (exact) mass is 297 g/mol. The van der Waals surface area contributed by atoms with Crippen molar-refractivity contribution in [3.8, 4) is 0 Å². The van der Waals surface area contributed by atoms with E-state index in [4.69, 9.17) is 0 Å². The third-order valence-electron chi connectivity index (χ3n) is 3.56. The van der Waals surface area contributed by atoms with Crippen molar-refractivity contribution in [3.63, 3.8) is 0 Å². The zero-order valence-electron chi connectivity index (χ0n) is 12.4. The van der Waals surface area contributed by atoms with Gasteiger partial charge in [-0.25, -0.2) is 8.78 Å². The van der Waals surface area contributed by atoms with Gasteiger partial charge in [0.1, 0.15) is 17.3 Å². The standard InChI is InChI=1S/C15H21F2N3O/c1-3-20(9-14(21)18-2)15-12(16)6-10(7-13(15)17)8-19-11-4-5-11/h6-7,11,19H,3-5,8-9H2,1-2H3,(H,18,21). The van der Waals surface area contributed by atoms with Crippen molar-refractivity contribution >= 4 is 11.6 Å². The van der Waals surface area contributed by atoms with E-state index in [1.807, 2.05) is 0 Å². The number of amides is 1. The molecule has 21 heavy (non-hydrogen) atoms. The average molecular weight is 297 g/mol. The molecule has 0 bridgehead atoms.